The van der Waals surface area contributed by atoms with Gasteiger partial charge in [0.25, 0.3) is 11.5 Å². The van der Waals surface area contributed by atoms with Crippen molar-refractivity contribution in [2.75, 3.05) is 5.32 Å². The number of aromatic amines is 1. The quantitative estimate of drug-likeness (QED) is 0.594. The van der Waals surface area contributed by atoms with Crippen molar-refractivity contribution >= 4 is 22.6 Å². The van der Waals surface area contributed by atoms with Gasteiger partial charge in [0.1, 0.15) is 17.8 Å². The third kappa shape index (κ3) is 2.73. The number of hydrogen-bond acceptors (Lipinski definition) is 4. The number of nitrogens with zero attached hydrogens (tertiary/aromatic N) is 3. The maximum Gasteiger partial charge on any atom is 0.258 e. The van der Waals surface area contributed by atoms with Gasteiger partial charge < -0.3 is 10.3 Å². The number of aromatic nitrogens is 4. The van der Waals surface area contributed by atoms with Crippen molar-refractivity contribution in [3.05, 3.63) is 83.1 Å². The van der Waals surface area contributed by atoms with Crippen LogP contribution in [-0.2, 0) is 0 Å². The minimum Gasteiger partial charge on any atom is -0.345 e. The zero-order valence-corrected chi connectivity index (χ0v) is 13.3. The predicted molar refractivity (Wildman–Crippen MR) is 93.8 cm³/mol. The molecule has 0 aliphatic heterocycles. The van der Waals surface area contributed by atoms with Gasteiger partial charge in [-0.1, -0.05) is 6.07 Å². The molecule has 0 bridgehead atoms. The number of H-pyrrole nitrogens is 1. The third-order valence-corrected chi connectivity index (χ3v) is 3.90. The lowest BCUT2D eigenvalue weighted by molar-refractivity contribution is 0.102. The first kappa shape index (κ1) is 15.7. The Hall–Kier alpha value is -3.81. The molecular weight excluding hydrogens is 337 g/mol. The van der Waals surface area contributed by atoms with Crippen LogP contribution in [0.2, 0.25) is 0 Å². The van der Waals surface area contributed by atoms with Gasteiger partial charge >= 0.3 is 0 Å². The molecule has 1 aromatic carbocycles. The van der Waals surface area contributed by atoms with Gasteiger partial charge in [0.2, 0.25) is 0 Å². The van der Waals surface area contributed by atoms with Crippen LogP contribution in [0, 0.1) is 5.82 Å². The van der Waals surface area contributed by atoms with Crippen LogP contribution in [0.3, 0.4) is 0 Å². The Bertz CT molecular complexity index is 1180. The SMILES string of the molecule is O=C(Nc1ccc(-n2ccccc2=O)cc1F)c1c[nH]c2ncncc12. The van der Waals surface area contributed by atoms with Crippen LogP contribution >= 0.6 is 0 Å². The highest BCUT2D eigenvalue weighted by Crippen LogP contribution is 2.20. The summed E-state index contributed by atoms with van der Waals surface area (Å²) in [5, 5.41) is 3.06. The topological polar surface area (TPSA) is 92.7 Å². The number of carbonyl (C=O) groups is 1. The van der Waals surface area contributed by atoms with Crippen molar-refractivity contribution in [2.24, 2.45) is 0 Å². The van der Waals surface area contributed by atoms with E-state index in [9.17, 15) is 14.0 Å². The highest BCUT2D eigenvalue weighted by molar-refractivity contribution is 6.12. The molecule has 0 atom stereocenters. The molecule has 2 N–H and O–H groups in total. The average Bonchev–Trinajstić information content (AvgIpc) is 3.08. The Morgan fingerprint density at radius 1 is 1.23 bits per heavy atom. The molecule has 26 heavy (non-hydrogen) atoms. The number of rotatable bonds is 3. The first-order chi connectivity index (χ1) is 12.6. The zero-order valence-electron chi connectivity index (χ0n) is 13.3. The van der Waals surface area contributed by atoms with Gasteiger partial charge in [-0.2, -0.15) is 0 Å². The summed E-state index contributed by atoms with van der Waals surface area (Å²) in [6.07, 6.45) is 5.91. The molecule has 7 nitrogen and oxygen atoms in total. The Labute approximate surface area is 146 Å². The molecule has 0 radical (unpaired) electrons. The van der Waals surface area contributed by atoms with Crippen LogP contribution in [0.15, 0.2) is 66.1 Å². The fraction of sp³-hybridized carbons (Fsp3) is 0. The molecule has 0 aliphatic rings. The first-order valence-corrected chi connectivity index (χ1v) is 7.69. The van der Waals surface area contributed by atoms with Crippen molar-refractivity contribution in [1.82, 2.24) is 19.5 Å². The van der Waals surface area contributed by atoms with E-state index in [1.807, 2.05) is 0 Å². The molecule has 0 saturated heterocycles. The summed E-state index contributed by atoms with van der Waals surface area (Å²) in [5.41, 5.74) is 0.927. The normalized spacial score (nSPS) is 10.8. The summed E-state index contributed by atoms with van der Waals surface area (Å²) >= 11 is 0. The Balaban J connectivity index is 1.64. The van der Waals surface area contributed by atoms with Crippen LogP contribution in [-0.4, -0.2) is 25.4 Å². The Morgan fingerprint density at radius 2 is 2.12 bits per heavy atom. The minimum absolute atomic E-state index is 0.00827. The molecule has 3 heterocycles. The van der Waals surface area contributed by atoms with E-state index in [0.29, 0.717) is 22.3 Å². The number of benzene rings is 1. The number of halogens is 1. The van der Waals surface area contributed by atoms with E-state index < -0.39 is 11.7 Å². The number of nitrogens with one attached hydrogen (secondary N) is 2. The van der Waals surface area contributed by atoms with Crippen LogP contribution in [0.4, 0.5) is 10.1 Å². The lowest BCUT2D eigenvalue weighted by Gasteiger charge is -2.09. The summed E-state index contributed by atoms with van der Waals surface area (Å²) in [7, 11) is 0. The van der Waals surface area contributed by atoms with Crippen molar-refractivity contribution in [3.63, 3.8) is 0 Å². The van der Waals surface area contributed by atoms with Crippen molar-refractivity contribution in [2.45, 2.75) is 0 Å². The fourth-order valence-corrected chi connectivity index (χ4v) is 2.63. The Morgan fingerprint density at radius 3 is 2.92 bits per heavy atom. The van der Waals surface area contributed by atoms with E-state index in [0.717, 1.165) is 0 Å². The standard InChI is InChI=1S/C18H12FN5O2/c19-14-7-11(24-6-2-1-3-16(24)25)4-5-15(14)23-18(26)13-9-21-17-12(13)8-20-10-22-17/h1-10H,(H,23,26)(H,20,21,22). The lowest BCUT2D eigenvalue weighted by atomic mass is 10.2. The van der Waals surface area contributed by atoms with E-state index in [1.54, 1.807) is 24.4 Å². The van der Waals surface area contributed by atoms with Gasteiger partial charge in [0.05, 0.1) is 16.9 Å². The first-order valence-electron chi connectivity index (χ1n) is 7.69. The average molecular weight is 349 g/mol. The smallest absolute Gasteiger partial charge is 0.258 e. The van der Waals surface area contributed by atoms with Gasteiger partial charge in [-0.25, -0.2) is 14.4 Å². The van der Waals surface area contributed by atoms with E-state index in [-0.39, 0.29) is 11.2 Å². The second-order valence-electron chi connectivity index (χ2n) is 5.51. The van der Waals surface area contributed by atoms with E-state index in [4.69, 9.17) is 0 Å². The van der Waals surface area contributed by atoms with Gasteiger partial charge in [-0.05, 0) is 18.2 Å². The number of hydrogen-bond donors (Lipinski definition) is 2. The second kappa shape index (κ2) is 6.25. The summed E-state index contributed by atoms with van der Waals surface area (Å²) in [4.78, 5) is 35.0. The number of anilines is 1. The number of carbonyl (C=O) groups excluding carboxylic acids is 1. The lowest BCUT2D eigenvalue weighted by Crippen LogP contribution is -2.16. The maximum atomic E-state index is 14.4. The molecule has 8 heteroatoms. The van der Waals surface area contributed by atoms with Gasteiger partial charge in [0, 0.05) is 36.1 Å². The van der Waals surface area contributed by atoms with Gasteiger partial charge in [0.15, 0.2) is 0 Å². The maximum absolute atomic E-state index is 14.4. The summed E-state index contributed by atoms with van der Waals surface area (Å²) in [6, 6.07) is 8.82. The van der Waals surface area contributed by atoms with E-state index in [2.05, 4.69) is 20.3 Å². The predicted octanol–water partition coefficient (Wildman–Crippen LogP) is 2.50. The minimum atomic E-state index is -0.650. The highest BCUT2D eigenvalue weighted by Gasteiger charge is 2.15. The van der Waals surface area contributed by atoms with Gasteiger partial charge in [-0.15, -0.1) is 0 Å². The molecule has 0 saturated carbocycles. The molecule has 0 fully saturated rings. The second-order valence-corrected chi connectivity index (χ2v) is 5.51. The van der Waals surface area contributed by atoms with Crippen LogP contribution in [0.25, 0.3) is 16.7 Å². The molecule has 3 aromatic heterocycles. The monoisotopic (exact) mass is 349 g/mol. The van der Waals surface area contributed by atoms with Crippen LogP contribution in [0.5, 0.6) is 0 Å². The number of pyridine rings is 1. The zero-order chi connectivity index (χ0) is 18.1. The molecule has 4 rings (SSSR count). The molecular formula is C18H12FN5O2. The summed E-state index contributed by atoms with van der Waals surface area (Å²) in [5.74, 6) is -1.14. The van der Waals surface area contributed by atoms with Crippen molar-refractivity contribution in [1.29, 1.82) is 0 Å². The van der Waals surface area contributed by atoms with E-state index >= 15 is 0 Å². The highest BCUT2D eigenvalue weighted by atomic mass is 19.1. The molecule has 0 spiro atoms. The molecule has 0 aliphatic carbocycles. The van der Waals surface area contributed by atoms with Crippen molar-refractivity contribution in [3.8, 4) is 5.69 Å². The third-order valence-electron chi connectivity index (χ3n) is 3.90. The van der Waals surface area contributed by atoms with Crippen LogP contribution < -0.4 is 10.9 Å². The summed E-state index contributed by atoms with van der Waals surface area (Å²) in [6.45, 7) is 0. The molecule has 0 unspecified atom stereocenters. The number of fused-ring (bicyclic) bond motifs is 1. The molecule has 4 aromatic rings. The Kier molecular flexibility index (Phi) is 3.77. The number of amides is 1. The largest absolute Gasteiger partial charge is 0.345 e. The summed E-state index contributed by atoms with van der Waals surface area (Å²) < 4.78 is 15.7. The van der Waals surface area contributed by atoms with Crippen molar-refractivity contribution < 1.29 is 9.18 Å². The molecule has 1 amide bonds. The molecule has 128 valence electrons. The van der Waals surface area contributed by atoms with Gasteiger partial charge in [-0.3, -0.25) is 14.2 Å². The fourth-order valence-electron chi connectivity index (χ4n) is 2.63. The van der Waals surface area contributed by atoms with Crippen LogP contribution in [0.1, 0.15) is 10.4 Å². The van der Waals surface area contributed by atoms with E-state index in [1.165, 1.54) is 41.5 Å².